The summed E-state index contributed by atoms with van der Waals surface area (Å²) in [4.78, 5) is 31.9. The number of hydrogen-bond donors (Lipinski definition) is 0. The van der Waals surface area contributed by atoms with Crippen molar-refractivity contribution >= 4 is 61.6 Å². The minimum Gasteiger partial charge on any atom is -0.485 e. The van der Waals surface area contributed by atoms with Gasteiger partial charge in [0.05, 0.1) is 65.6 Å². The molecule has 8 aromatic heterocycles. The molecule has 3 aliphatic rings. The number of hydrogen-bond acceptors (Lipinski definition) is 14. The van der Waals surface area contributed by atoms with Gasteiger partial charge in [-0.05, 0) is 188 Å². The molecule has 0 amide bonds. The number of nitrogens with zero attached hydrogens (tertiary/aromatic N) is 12. The number of likely N-dealkylation sites (tertiary alicyclic amines) is 2. The molecule has 82 heavy (non-hydrogen) atoms. The highest BCUT2D eigenvalue weighted by molar-refractivity contribution is 9.10. The zero-order chi connectivity index (χ0) is 58.8. The number of pyridine rings is 4. The normalized spacial score (nSPS) is 17.0. The van der Waals surface area contributed by atoms with Gasteiger partial charge in [0.15, 0.2) is 11.3 Å². The van der Waals surface area contributed by atoms with Crippen molar-refractivity contribution in [3.63, 3.8) is 0 Å². The van der Waals surface area contributed by atoms with E-state index < -0.39 is 7.12 Å². The van der Waals surface area contributed by atoms with Crippen molar-refractivity contribution in [3.05, 3.63) is 151 Å². The highest BCUT2D eigenvalue weighted by Gasteiger charge is 2.52. The second kappa shape index (κ2) is 23.9. The Labute approximate surface area is 491 Å². The van der Waals surface area contributed by atoms with Crippen molar-refractivity contribution in [2.24, 2.45) is 0 Å². The third kappa shape index (κ3) is 13.0. The fourth-order valence-electron chi connectivity index (χ4n) is 11.0. The zero-order valence-corrected chi connectivity index (χ0v) is 49.7. The van der Waals surface area contributed by atoms with Gasteiger partial charge >= 0.3 is 7.12 Å². The average Bonchev–Trinajstić information content (AvgIpc) is 3.77. The van der Waals surface area contributed by atoms with Crippen LogP contribution in [0.15, 0.2) is 151 Å². The Kier molecular flexibility index (Phi) is 15.8. The van der Waals surface area contributed by atoms with Crippen LogP contribution >= 0.6 is 15.9 Å². The van der Waals surface area contributed by atoms with E-state index in [1.54, 1.807) is 39.8 Å². The van der Waals surface area contributed by atoms with Gasteiger partial charge in [0.25, 0.3) is 0 Å². The van der Waals surface area contributed by atoms with Crippen LogP contribution in [-0.4, -0.2) is 128 Å². The molecule has 0 N–H and O–H groups in total. The van der Waals surface area contributed by atoms with E-state index in [1.807, 2.05) is 131 Å². The van der Waals surface area contributed by atoms with Crippen LogP contribution in [0.3, 0.4) is 0 Å². The molecule has 422 valence electrons. The van der Waals surface area contributed by atoms with E-state index in [2.05, 4.69) is 88.5 Å². The van der Waals surface area contributed by atoms with Crippen molar-refractivity contribution in [3.8, 4) is 45.1 Å². The Bertz CT molecular complexity index is 3910. The Hall–Kier alpha value is -7.22. The summed E-state index contributed by atoms with van der Waals surface area (Å²) >= 11 is 3.44. The highest BCUT2D eigenvalue weighted by atomic mass is 79.9. The SMILES string of the molecule is CC(C)(CN1CCCCC1)Oc1ccc(-c2cnc3c(Br)cnn3c2)nc1.[2H]c1ccc2c(-c3cnn4cc(-c5ccc(OC(C)(C)CN6CCCCC6)cn5)cnc34)cccc2n1.[2H]c1ccc2c(B3OC(C)(C)C(C)(C)O3)cccc2n1. The van der Waals surface area contributed by atoms with Gasteiger partial charge in [-0.1, -0.05) is 49.2 Å². The van der Waals surface area contributed by atoms with Crippen LogP contribution in [0.1, 0.15) is 96.7 Å². The molecule has 3 fully saturated rings. The standard InChI is InChI=1S/C29H30N6O.C20H24BrN5O.C15H18BNO2/c1-29(2,20-34-14-4-3-5-15-34)36-22-11-12-26(31-17-22)21-16-32-28-25(18-33-35(28)19-21)23-8-6-10-27-24(23)9-7-13-30-27;1-20(2,14-25-8-4-3-5-9-25)27-16-6-7-18(22-11-16)15-10-23-19-17(21)12-24-26(19)13-15;1-14(2)15(3,4)19-16(18-14)12-8-5-9-13-11(12)7-6-10-17-13/h6-13,16-19H,3-5,14-15,20H2,1-2H3;6-7,10-13H,3-5,8-9,14H2,1-2H3;5-10H,1-4H3/i13D;;10D. The molecule has 2 aromatic carbocycles. The predicted molar refractivity (Wildman–Crippen MR) is 328 cm³/mol. The first-order valence-electron chi connectivity index (χ1n) is 29.4. The first kappa shape index (κ1) is 54.1. The summed E-state index contributed by atoms with van der Waals surface area (Å²) in [6.07, 6.45) is 23.0. The van der Waals surface area contributed by atoms with E-state index in [0.717, 1.165) is 114 Å². The monoisotopic (exact) mass is 1160 g/mol. The first-order chi connectivity index (χ1) is 40.2. The van der Waals surface area contributed by atoms with Gasteiger partial charge in [-0.2, -0.15) is 10.2 Å². The number of halogens is 1. The van der Waals surface area contributed by atoms with Crippen LogP contribution in [0.5, 0.6) is 11.5 Å². The Morgan fingerprint density at radius 2 is 1.04 bits per heavy atom. The lowest BCUT2D eigenvalue weighted by Gasteiger charge is -2.35. The summed E-state index contributed by atoms with van der Waals surface area (Å²) in [5.74, 6) is 1.55. The lowest BCUT2D eigenvalue weighted by Crippen LogP contribution is -2.44. The summed E-state index contributed by atoms with van der Waals surface area (Å²) in [6.45, 7) is 23.2. The molecule has 0 spiro atoms. The second-order valence-corrected chi connectivity index (χ2v) is 24.5. The molecule has 10 aromatic rings. The number of ether oxygens (including phenoxy) is 2. The Morgan fingerprint density at radius 1 is 0.537 bits per heavy atom. The van der Waals surface area contributed by atoms with Gasteiger partial charge in [-0.25, -0.2) is 19.0 Å². The molecule has 0 bridgehead atoms. The van der Waals surface area contributed by atoms with Crippen LogP contribution < -0.4 is 14.9 Å². The second-order valence-electron chi connectivity index (χ2n) is 23.7. The van der Waals surface area contributed by atoms with E-state index in [4.69, 9.17) is 26.5 Å². The molecule has 18 heteroatoms. The minimum absolute atomic E-state index is 0.248. The number of rotatable bonds is 12. The average molecular weight is 1170 g/mol. The van der Waals surface area contributed by atoms with Gasteiger partial charge < -0.3 is 18.8 Å². The maximum atomic E-state index is 7.81. The zero-order valence-electron chi connectivity index (χ0n) is 50.1. The fourth-order valence-corrected chi connectivity index (χ4v) is 11.3. The maximum Gasteiger partial charge on any atom is 0.495 e. The van der Waals surface area contributed by atoms with Gasteiger partial charge in [0.2, 0.25) is 0 Å². The molecular formula is C64H72BBrN12O4. The molecule has 3 aliphatic heterocycles. The van der Waals surface area contributed by atoms with Crippen molar-refractivity contribution in [1.29, 1.82) is 0 Å². The molecule has 0 aliphatic carbocycles. The fraction of sp³-hybridized carbons (Fsp3) is 0.375. The van der Waals surface area contributed by atoms with Gasteiger partial charge in [0, 0.05) is 72.3 Å². The molecule has 0 atom stereocenters. The third-order valence-electron chi connectivity index (χ3n) is 15.6. The van der Waals surface area contributed by atoms with Crippen molar-refractivity contribution in [2.45, 2.75) is 116 Å². The van der Waals surface area contributed by atoms with E-state index in [9.17, 15) is 0 Å². The molecule has 0 saturated carbocycles. The van der Waals surface area contributed by atoms with Crippen LogP contribution in [-0.2, 0) is 9.31 Å². The molecule has 0 radical (unpaired) electrons. The summed E-state index contributed by atoms with van der Waals surface area (Å²) in [5.41, 5.74) is 8.20. The molecule has 11 heterocycles. The lowest BCUT2D eigenvalue weighted by molar-refractivity contribution is 0.00578. The quantitative estimate of drug-likeness (QED) is 0.107. The summed E-state index contributed by atoms with van der Waals surface area (Å²) in [6, 6.07) is 26.8. The summed E-state index contributed by atoms with van der Waals surface area (Å²) in [7, 11) is -0.401. The number of benzene rings is 2. The largest absolute Gasteiger partial charge is 0.495 e. The Morgan fingerprint density at radius 3 is 1.59 bits per heavy atom. The van der Waals surface area contributed by atoms with E-state index in [1.165, 1.54) is 51.6 Å². The van der Waals surface area contributed by atoms with E-state index >= 15 is 0 Å². The number of piperidine rings is 2. The van der Waals surface area contributed by atoms with Crippen LogP contribution in [0.4, 0.5) is 0 Å². The molecule has 16 nitrogen and oxygen atoms in total. The van der Waals surface area contributed by atoms with Crippen molar-refractivity contribution < 1.29 is 21.5 Å². The van der Waals surface area contributed by atoms with Crippen LogP contribution in [0.2, 0.25) is 0 Å². The van der Waals surface area contributed by atoms with Gasteiger partial charge in [-0.15, -0.1) is 0 Å². The van der Waals surface area contributed by atoms with Crippen LogP contribution in [0.25, 0.3) is 66.7 Å². The Balaban J connectivity index is 0.000000138. The minimum atomic E-state index is -0.401. The topological polar surface area (TPSA) is 155 Å². The number of aromatic nitrogens is 10. The molecule has 3 saturated heterocycles. The first-order valence-corrected chi connectivity index (χ1v) is 29.2. The summed E-state index contributed by atoms with van der Waals surface area (Å²) in [5, 5.41) is 10.8. The molecular weight excluding hydrogens is 1090 g/mol. The van der Waals surface area contributed by atoms with Crippen molar-refractivity contribution in [2.75, 3.05) is 39.3 Å². The third-order valence-corrected chi connectivity index (χ3v) is 16.2. The van der Waals surface area contributed by atoms with E-state index in [0.29, 0.717) is 0 Å². The van der Waals surface area contributed by atoms with Gasteiger partial charge in [0.1, 0.15) is 22.7 Å². The molecule has 13 rings (SSSR count). The predicted octanol–water partition coefficient (Wildman–Crippen LogP) is 12.4. The smallest absolute Gasteiger partial charge is 0.485 e. The summed E-state index contributed by atoms with van der Waals surface area (Å²) < 4.78 is 44.5. The number of fused-ring (bicyclic) bond motifs is 4. The maximum absolute atomic E-state index is 7.81. The van der Waals surface area contributed by atoms with Crippen molar-refractivity contribution in [1.82, 2.24) is 58.9 Å². The van der Waals surface area contributed by atoms with E-state index in [-0.39, 0.29) is 34.7 Å². The lowest BCUT2D eigenvalue weighted by atomic mass is 9.77. The molecule has 0 unspecified atom stereocenters. The highest BCUT2D eigenvalue weighted by Crippen LogP contribution is 2.37. The van der Waals surface area contributed by atoms with Crippen LogP contribution in [0, 0.1) is 0 Å². The van der Waals surface area contributed by atoms with Gasteiger partial charge in [-0.3, -0.25) is 29.7 Å².